The molecule has 33 heavy (non-hydrogen) atoms. The van der Waals surface area contributed by atoms with Crippen molar-refractivity contribution in [2.24, 2.45) is 0 Å². The van der Waals surface area contributed by atoms with Gasteiger partial charge in [0.25, 0.3) is 0 Å². The van der Waals surface area contributed by atoms with Crippen LogP contribution in [0.25, 0.3) is 11.1 Å². The summed E-state index contributed by atoms with van der Waals surface area (Å²) in [7, 11) is 0. The fourth-order valence-corrected chi connectivity index (χ4v) is 4.69. The third kappa shape index (κ3) is 4.74. The summed E-state index contributed by atoms with van der Waals surface area (Å²) in [5.74, 6) is -2.27. The van der Waals surface area contributed by atoms with E-state index in [1.54, 1.807) is 17.5 Å². The number of rotatable bonds is 8. The summed E-state index contributed by atoms with van der Waals surface area (Å²) in [5.41, 5.74) is 4.32. The molecule has 1 aliphatic carbocycles. The number of carbonyl (C=O) groups is 3. The molecule has 2 aromatic carbocycles. The SMILES string of the molecule is O=C(NC(C(=O)N[C@H](CO)C(=O)O)c1cccs1)OCC1c2ccccc2-c2ccccc21. The molecule has 0 fully saturated rings. The van der Waals surface area contributed by atoms with E-state index < -0.39 is 36.7 Å². The Morgan fingerprint density at radius 3 is 2.12 bits per heavy atom. The lowest BCUT2D eigenvalue weighted by atomic mass is 9.98. The lowest BCUT2D eigenvalue weighted by Crippen LogP contribution is -2.48. The lowest BCUT2D eigenvalue weighted by molar-refractivity contribution is -0.143. The maximum absolute atomic E-state index is 12.7. The van der Waals surface area contributed by atoms with Gasteiger partial charge in [-0.25, -0.2) is 9.59 Å². The van der Waals surface area contributed by atoms with Gasteiger partial charge in [-0.15, -0.1) is 11.3 Å². The molecule has 3 aromatic rings. The van der Waals surface area contributed by atoms with E-state index in [2.05, 4.69) is 10.6 Å². The average molecular weight is 467 g/mol. The van der Waals surface area contributed by atoms with Crippen molar-refractivity contribution in [1.29, 1.82) is 0 Å². The average Bonchev–Trinajstić information content (AvgIpc) is 3.46. The Morgan fingerprint density at radius 2 is 1.58 bits per heavy atom. The molecule has 4 rings (SSSR count). The second kappa shape index (κ2) is 9.85. The second-order valence-corrected chi connectivity index (χ2v) is 8.48. The number of aliphatic carboxylic acids is 1. The van der Waals surface area contributed by atoms with Gasteiger partial charge in [-0.3, -0.25) is 4.79 Å². The third-order valence-corrected chi connectivity index (χ3v) is 6.43. The summed E-state index contributed by atoms with van der Waals surface area (Å²) in [4.78, 5) is 37.0. The molecule has 0 saturated carbocycles. The van der Waals surface area contributed by atoms with E-state index in [-0.39, 0.29) is 12.5 Å². The van der Waals surface area contributed by atoms with Gasteiger partial charge in [-0.2, -0.15) is 0 Å². The number of amides is 2. The standard InChI is InChI=1S/C24H22N2O6S/c27-12-19(23(29)30)25-22(28)21(20-10-5-11-33-20)26-24(31)32-13-18-16-8-3-1-6-14(16)15-7-2-4-9-17(15)18/h1-11,18-19,21,27H,12-13H2,(H,25,28)(H,26,31)(H,29,30)/t19-,21?/m1/s1. The van der Waals surface area contributed by atoms with Crippen molar-refractivity contribution in [3.8, 4) is 11.1 Å². The summed E-state index contributed by atoms with van der Waals surface area (Å²) >= 11 is 1.23. The van der Waals surface area contributed by atoms with Gasteiger partial charge in [0, 0.05) is 10.8 Å². The van der Waals surface area contributed by atoms with Crippen LogP contribution in [0.2, 0.25) is 0 Å². The number of ether oxygens (including phenoxy) is 1. The molecular weight excluding hydrogens is 444 g/mol. The number of aliphatic hydroxyl groups excluding tert-OH is 1. The van der Waals surface area contributed by atoms with Gasteiger partial charge in [0.15, 0.2) is 0 Å². The normalized spacial score (nSPS) is 14.0. The van der Waals surface area contributed by atoms with Crippen LogP contribution in [0.4, 0.5) is 4.79 Å². The fourth-order valence-electron chi connectivity index (χ4n) is 3.92. The van der Waals surface area contributed by atoms with Crippen molar-refractivity contribution >= 4 is 29.3 Å². The van der Waals surface area contributed by atoms with Gasteiger partial charge in [0.05, 0.1) is 6.61 Å². The molecule has 1 heterocycles. The molecule has 0 saturated heterocycles. The van der Waals surface area contributed by atoms with E-state index in [9.17, 15) is 19.5 Å². The molecule has 0 bridgehead atoms. The van der Waals surface area contributed by atoms with E-state index in [1.807, 2.05) is 48.5 Å². The number of hydrogen-bond acceptors (Lipinski definition) is 6. The van der Waals surface area contributed by atoms with E-state index in [1.165, 1.54) is 11.3 Å². The highest BCUT2D eigenvalue weighted by molar-refractivity contribution is 7.10. The van der Waals surface area contributed by atoms with Gasteiger partial charge in [0.2, 0.25) is 5.91 Å². The second-order valence-electron chi connectivity index (χ2n) is 7.50. The van der Waals surface area contributed by atoms with E-state index in [4.69, 9.17) is 9.84 Å². The molecular formula is C24H22N2O6S. The van der Waals surface area contributed by atoms with Gasteiger partial charge in [-0.1, -0.05) is 54.6 Å². The van der Waals surface area contributed by atoms with E-state index in [0.29, 0.717) is 4.88 Å². The molecule has 170 valence electrons. The van der Waals surface area contributed by atoms with Crippen molar-refractivity contribution in [1.82, 2.24) is 10.6 Å². The minimum atomic E-state index is -1.48. The van der Waals surface area contributed by atoms with Crippen LogP contribution in [-0.4, -0.2) is 47.4 Å². The van der Waals surface area contributed by atoms with Gasteiger partial charge in [-0.05, 0) is 33.7 Å². The molecule has 2 amide bonds. The summed E-state index contributed by atoms with van der Waals surface area (Å²) in [5, 5.41) is 24.8. The first-order valence-corrected chi connectivity index (χ1v) is 11.2. The molecule has 0 spiro atoms. The molecule has 9 heteroatoms. The largest absolute Gasteiger partial charge is 0.480 e. The van der Waals surface area contributed by atoms with Gasteiger partial charge >= 0.3 is 12.1 Å². The molecule has 2 atom stereocenters. The molecule has 0 radical (unpaired) electrons. The third-order valence-electron chi connectivity index (χ3n) is 5.49. The zero-order valence-corrected chi connectivity index (χ0v) is 18.2. The maximum Gasteiger partial charge on any atom is 0.408 e. The zero-order valence-electron chi connectivity index (χ0n) is 17.4. The highest BCUT2D eigenvalue weighted by atomic mass is 32.1. The topological polar surface area (TPSA) is 125 Å². The number of carboxylic acids is 1. The Balaban J connectivity index is 1.46. The summed E-state index contributed by atoms with van der Waals surface area (Å²) < 4.78 is 5.51. The Kier molecular flexibility index (Phi) is 6.71. The molecule has 8 nitrogen and oxygen atoms in total. The first-order chi connectivity index (χ1) is 16.0. The number of carbonyl (C=O) groups excluding carboxylic acids is 2. The Morgan fingerprint density at radius 1 is 0.939 bits per heavy atom. The Bertz CT molecular complexity index is 1120. The number of alkyl carbamates (subject to hydrolysis) is 1. The number of hydrogen-bond donors (Lipinski definition) is 4. The maximum atomic E-state index is 12.7. The number of aliphatic hydroxyl groups is 1. The Labute approximate surface area is 193 Å². The van der Waals surface area contributed by atoms with E-state index in [0.717, 1.165) is 22.3 Å². The molecule has 4 N–H and O–H groups in total. The summed E-state index contributed by atoms with van der Waals surface area (Å²) in [6.07, 6.45) is -0.804. The molecule has 1 aliphatic rings. The monoisotopic (exact) mass is 466 g/mol. The molecule has 1 unspecified atom stereocenters. The Hall–Kier alpha value is -3.69. The fraction of sp³-hybridized carbons (Fsp3) is 0.208. The zero-order chi connectivity index (χ0) is 23.4. The van der Waals surface area contributed by atoms with Crippen LogP contribution in [-0.2, 0) is 14.3 Å². The summed E-state index contributed by atoms with van der Waals surface area (Å²) in [6.45, 7) is -0.698. The quantitative estimate of drug-likeness (QED) is 0.405. The van der Waals surface area contributed by atoms with Gasteiger partial charge < -0.3 is 25.6 Å². The van der Waals surface area contributed by atoms with Crippen LogP contribution in [0.1, 0.15) is 28.0 Å². The lowest BCUT2D eigenvalue weighted by Gasteiger charge is -2.20. The minimum absolute atomic E-state index is 0.0764. The van der Waals surface area contributed by atoms with Crippen molar-refractivity contribution < 1.29 is 29.3 Å². The predicted octanol–water partition coefficient (Wildman–Crippen LogP) is 2.89. The van der Waals surface area contributed by atoms with Crippen LogP contribution >= 0.6 is 11.3 Å². The van der Waals surface area contributed by atoms with Crippen LogP contribution in [0, 0.1) is 0 Å². The number of fused-ring (bicyclic) bond motifs is 3. The number of carboxylic acid groups (broad SMARTS) is 1. The molecule has 1 aromatic heterocycles. The van der Waals surface area contributed by atoms with Crippen molar-refractivity contribution in [2.75, 3.05) is 13.2 Å². The smallest absolute Gasteiger partial charge is 0.408 e. The van der Waals surface area contributed by atoms with Gasteiger partial charge in [0.1, 0.15) is 18.7 Å². The van der Waals surface area contributed by atoms with Crippen molar-refractivity contribution in [3.05, 3.63) is 82.0 Å². The highest BCUT2D eigenvalue weighted by Gasteiger charge is 2.31. The van der Waals surface area contributed by atoms with E-state index >= 15 is 0 Å². The minimum Gasteiger partial charge on any atom is -0.480 e. The number of benzene rings is 2. The van der Waals surface area contributed by atoms with Crippen molar-refractivity contribution in [3.63, 3.8) is 0 Å². The number of nitrogens with one attached hydrogen (secondary N) is 2. The summed E-state index contributed by atoms with van der Waals surface area (Å²) in [6, 6.07) is 16.6. The first kappa shape index (κ1) is 22.5. The van der Waals surface area contributed by atoms with Crippen molar-refractivity contribution in [2.45, 2.75) is 18.0 Å². The highest BCUT2D eigenvalue weighted by Crippen LogP contribution is 2.44. The molecule has 0 aliphatic heterocycles. The van der Waals surface area contributed by atoms with Crippen LogP contribution in [0.5, 0.6) is 0 Å². The number of thiophene rings is 1. The first-order valence-electron chi connectivity index (χ1n) is 10.3. The van der Waals surface area contributed by atoms with Crippen LogP contribution < -0.4 is 10.6 Å². The predicted molar refractivity (Wildman–Crippen MR) is 122 cm³/mol. The van der Waals surface area contributed by atoms with Crippen LogP contribution in [0.3, 0.4) is 0 Å². The van der Waals surface area contributed by atoms with Crippen LogP contribution in [0.15, 0.2) is 66.0 Å².